The molecule has 0 bridgehead atoms. The zero-order valence-corrected chi connectivity index (χ0v) is 11.9. The van der Waals surface area contributed by atoms with Crippen LogP contribution in [0.3, 0.4) is 0 Å². The van der Waals surface area contributed by atoms with E-state index in [1.807, 2.05) is 18.2 Å². The van der Waals surface area contributed by atoms with Crippen LogP contribution < -0.4 is 10.1 Å². The molecule has 3 aromatic rings. The fourth-order valence-electron chi connectivity index (χ4n) is 3.05. The number of fused-ring (bicyclic) bond motifs is 2. The van der Waals surface area contributed by atoms with Crippen LogP contribution in [0.1, 0.15) is 23.7 Å². The number of anilines is 1. The largest absolute Gasteiger partial charge is 0.497 e. The van der Waals surface area contributed by atoms with Gasteiger partial charge in [0.2, 0.25) is 0 Å². The molecule has 0 amide bonds. The summed E-state index contributed by atoms with van der Waals surface area (Å²) in [6.07, 6.45) is 1.05. The van der Waals surface area contributed by atoms with E-state index >= 15 is 0 Å². The minimum atomic E-state index is 0.320. The van der Waals surface area contributed by atoms with Gasteiger partial charge in [-0.05, 0) is 30.2 Å². The third-order valence-electron chi connectivity index (χ3n) is 4.12. The fourth-order valence-corrected chi connectivity index (χ4v) is 3.05. The van der Waals surface area contributed by atoms with Crippen molar-refractivity contribution in [2.24, 2.45) is 0 Å². The zero-order chi connectivity index (χ0) is 14.2. The van der Waals surface area contributed by atoms with Gasteiger partial charge in [-0.3, -0.25) is 0 Å². The Morgan fingerprint density at radius 3 is 3.00 bits per heavy atom. The van der Waals surface area contributed by atoms with Crippen LogP contribution in [-0.4, -0.2) is 23.6 Å². The minimum absolute atomic E-state index is 0.320. The number of hydrogen-bond donors (Lipinski definition) is 2. The number of methoxy groups -OCH3 is 1. The Morgan fingerprint density at radius 1 is 1.19 bits per heavy atom. The normalized spacial score (nSPS) is 17.3. The second kappa shape index (κ2) is 4.81. The molecule has 106 valence electrons. The summed E-state index contributed by atoms with van der Waals surface area (Å²) in [7, 11) is 1.68. The smallest absolute Gasteiger partial charge is 0.121 e. The number of benzene rings is 2. The number of ether oxygens (including phenoxy) is 1. The van der Waals surface area contributed by atoms with Crippen molar-refractivity contribution in [3.8, 4) is 5.75 Å². The van der Waals surface area contributed by atoms with Gasteiger partial charge in [-0.2, -0.15) is 0 Å². The Morgan fingerprint density at radius 2 is 2.10 bits per heavy atom. The number of nitrogens with zero attached hydrogens (tertiary/aromatic N) is 1. The number of H-pyrrole nitrogens is 1. The molecule has 4 nitrogen and oxygen atoms in total. The molecule has 4 rings (SSSR count). The third kappa shape index (κ3) is 2.03. The second-order valence-electron chi connectivity index (χ2n) is 5.36. The maximum Gasteiger partial charge on any atom is 0.121 e. The molecule has 4 heteroatoms. The van der Waals surface area contributed by atoms with E-state index in [-0.39, 0.29) is 0 Å². The number of hydrogen-bond acceptors (Lipinski definition) is 3. The van der Waals surface area contributed by atoms with Crippen LogP contribution in [0.15, 0.2) is 42.5 Å². The van der Waals surface area contributed by atoms with Crippen LogP contribution in [0, 0.1) is 0 Å². The second-order valence-corrected chi connectivity index (χ2v) is 5.36. The molecule has 1 aliphatic rings. The molecule has 21 heavy (non-hydrogen) atoms. The standard InChI is InChI=1S/C17H17N3O/c1-21-11-6-7-15-16(10-11)20-17(19-15)13-8-9-18-14-5-3-2-4-12(13)14/h2-7,10,13,18H,8-9H2,1H3,(H,19,20). The molecular formula is C17H17N3O. The topological polar surface area (TPSA) is 49.9 Å². The van der Waals surface area contributed by atoms with Crippen LogP contribution >= 0.6 is 0 Å². The Balaban J connectivity index is 1.80. The van der Waals surface area contributed by atoms with E-state index in [0.717, 1.165) is 35.6 Å². The van der Waals surface area contributed by atoms with Gasteiger partial charge in [-0.25, -0.2) is 4.98 Å². The molecule has 2 aromatic carbocycles. The third-order valence-corrected chi connectivity index (χ3v) is 4.12. The molecule has 0 spiro atoms. The molecule has 0 radical (unpaired) electrons. The van der Waals surface area contributed by atoms with Crippen molar-refractivity contribution in [1.82, 2.24) is 9.97 Å². The van der Waals surface area contributed by atoms with Crippen molar-refractivity contribution in [3.63, 3.8) is 0 Å². The highest BCUT2D eigenvalue weighted by Gasteiger charge is 2.23. The summed E-state index contributed by atoms with van der Waals surface area (Å²) in [6, 6.07) is 14.4. The molecule has 1 aromatic heterocycles. The SMILES string of the molecule is COc1ccc2nc(C3CCNc4ccccc43)[nH]c2c1. The number of imidazole rings is 1. The summed E-state index contributed by atoms with van der Waals surface area (Å²) in [5, 5.41) is 3.45. The molecule has 0 fully saturated rings. The first-order valence-electron chi connectivity index (χ1n) is 7.21. The summed E-state index contributed by atoms with van der Waals surface area (Å²) in [6.45, 7) is 0.974. The van der Waals surface area contributed by atoms with Gasteiger partial charge in [0.05, 0.1) is 18.1 Å². The van der Waals surface area contributed by atoms with Gasteiger partial charge in [0.1, 0.15) is 11.6 Å². The van der Waals surface area contributed by atoms with Crippen LogP contribution in [0.5, 0.6) is 5.75 Å². The summed E-state index contributed by atoms with van der Waals surface area (Å²) >= 11 is 0. The first-order valence-corrected chi connectivity index (χ1v) is 7.21. The van der Waals surface area contributed by atoms with Gasteiger partial charge >= 0.3 is 0 Å². The van der Waals surface area contributed by atoms with E-state index in [2.05, 4.69) is 34.6 Å². The predicted molar refractivity (Wildman–Crippen MR) is 84.0 cm³/mol. The van der Waals surface area contributed by atoms with Crippen molar-refractivity contribution in [2.45, 2.75) is 12.3 Å². The lowest BCUT2D eigenvalue weighted by atomic mass is 9.90. The van der Waals surface area contributed by atoms with Gasteiger partial charge in [0.25, 0.3) is 0 Å². The Bertz CT molecular complexity index is 794. The average Bonchev–Trinajstić information content (AvgIpc) is 2.97. The molecular weight excluding hydrogens is 262 g/mol. The number of aromatic amines is 1. The molecule has 1 aliphatic heterocycles. The van der Waals surface area contributed by atoms with Crippen LogP contribution in [0.25, 0.3) is 11.0 Å². The maximum atomic E-state index is 5.28. The fraction of sp³-hybridized carbons (Fsp3) is 0.235. The average molecular weight is 279 g/mol. The highest BCUT2D eigenvalue weighted by atomic mass is 16.5. The van der Waals surface area contributed by atoms with Gasteiger partial charge < -0.3 is 15.0 Å². The molecule has 1 atom stereocenters. The lowest BCUT2D eigenvalue weighted by molar-refractivity contribution is 0.415. The first-order chi connectivity index (χ1) is 10.3. The Kier molecular flexibility index (Phi) is 2.81. The molecule has 2 heterocycles. The van der Waals surface area contributed by atoms with E-state index in [1.54, 1.807) is 7.11 Å². The lowest BCUT2D eigenvalue weighted by Gasteiger charge is -2.25. The monoisotopic (exact) mass is 279 g/mol. The zero-order valence-electron chi connectivity index (χ0n) is 11.9. The Hall–Kier alpha value is -2.49. The maximum absolute atomic E-state index is 5.28. The summed E-state index contributed by atoms with van der Waals surface area (Å²) in [5.41, 5.74) is 4.55. The predicted octanol–water partition coefficient (Wildman–Crippen LogP) is 3.52. The highest BCUT2D eigenvalue weighted by molar-refractivity contribution is 5.77. The van der Waals surface area contributed by atoms with Gasteiger partial charge in [-0.15, -0.1) is 0 Å². The van der Waals surface area contributed by atoms with E-state index < -0.39 is 0 Å². The van der Waals surface area contributed by atoms with Crippen molar-refractivity contribution in [2.75, 3.05) is 19.0 Å². The minimum Gasteiger partial charge on any atom is -0.497 e. The van der Waals surface area contributed by atoms with Gasteiger partial charge in [0, 0.05) is 24.2 Å². The molecule has 1 unspecified atom stereocenters. The lowest BCUT2D eigenvalue weighted by Crippen LogP contribution is -2.18. The van der Waals surface area contributed by atoms with E-state index in [9.17, 15) is 0 Å². The molecule has 0 saturated carbocycles. The van der Waals surface area contributed by atoms with Crippen molar-refractivity contribution in [1.29, 1.82) is 0 Å². The van der Waals surface area contributed by atoms with E-state index in [4.69, 9.17) is 9.72 Å². The molecule has 0 saturated heterocycles. The van der Waals surface area contributed by atoms with Crippen LogP contribution in [-0.2, 0) is 0 Å². The van der Waals surface area contributed by atoms with Crippen molar-refractivity contribution in [3.05, 3.63) is 53.9 Å². The summed E-state index contributed by atoms with van der Waals surface area (Å²) in [5.74, 6) is 2.21. The van der Waals surface area contributed by atoms with Crippen LogP contribution in [0.4, 0.5) is 5.69 Å². The first kappa shape index (κ1) is 12.3. The van der Waals surface area contributed by atoms with Crippen LogP contribution in [0.2, 0.25) is 0 Å². The van der Waals surface area contributed by atoms with Gasteiger partial charge in [-0.1, -0.05) is 18.2 Å². The van der Waals surface area contributed by atoms with Gasteiger partial charge in [0.15, 0.2) is 0 Å². The Labute approximate surface area is 123 Å². The van der Waals surface area contributed by atoms with E-state index in [0.29, 0.717) is 5.92 Å². The molecule has 0 aliphatic carbocycles. The number of aromatic nitrogens is 2. The number of para-hydroxylation sites is 1. The summed E-state index contributed by atoms with van der Waals surface area (Å²) in [4.78, 5) is 8.23. The number of rotatable bonds is 2. The van der Waals surface area contributed by atoms with Crippen molar-refractivity contribution < 1.29 is 4.74 Å². The van der Waals surface area contributed by atoms with Crippen molar-refractivity contribution >= 4 is 16.7 Å². The molecule has 2 N–H and O–H groups in total. The highest BCUT2D eigenvalue weighted by Crippen LogP contribution is 2.35. The van der Waals surface area contributed by atoms with E-state index in [1.165, 1.54) is 11.3 Å². The summed E-state index contributed by atoms with van der Waals surface area (Å²) < 4.78 is 5.28. The number of nitrogens with one attached hydrogen (secondary N) is 2. The quantitative estimate of drug-likeness (QED) is 0.754.